The summed E-state index contributed by atoms with van der Waals surface area (Å²) in [5.41, 5.74) is 0. The van der Waals surface area contributed by atoms with Crippen molar-refractivity contribution < 1.29 is 23.6 Å². The summed E-state index contributed by atoms with van der Waals surface area (Å²) in [7, 11) is -1.88. The summed E-state index contributed by atoms with van der Waals surface area (Å²) in [6.45, 7) is 4.64. The predicted molar refractivity (Wildman–Crippen MR) is 70.5 cm³/mol. The maximum Gasteiger partial charge on any atom is 0.306 e. The van der Waals surface area contributed by atoms with Crippen LogP contribution in [-0.2, 0) is 23.6 Å². The summed E-state index contributed by atoms with van der Waals surface area (Å²) >= 11 is 0. The van der Waals surface area contributed by atoms with Gasteiger partial charge in [0.25, 0.3) is 0 Å². The zero-order chi connectivity index (χ0) is 13.8. The van der Waals surface area contributed by atoms with Crippen LogP contribution in [0.25, 0.3) is 0 Å². The van der Waals surface area contributed by atoms with Crippen molar-refractivity contribution >= 4 is 19.7 Å². The van der Waals surface area contributed by atoms with Gasteiger partial charge in [-0.05, 0) is 12.8 Å². The van der Waals surface area contributed by atoms with Gasteiger partial charge in [0, 0.05) is 12.3 Å². The molecule has 0 atom stereocenters. The largest absolute Gasteiger partial charge is 0.466 e. The molecule has 0 spiro atoms. The Morgan fingerprint density at radius 3 is 1.61 bits per heavy atom. The molecule has 0 aromatic rings. The maximum atomic E-state index is 11.6. The quantitative estimate of drug-likeness (QED) is 0.452. The van der Waals surface area contributed by atoms with E-state index in [2.05, 4.69) is 0 Å². The molecule has 0 radical (unpaired) electrons. The topological polar surface area (TPSA) is 69.7 Å². The number of carbonyl (C=O) groups is 2. The molecule has 0 fully saturated rings. The maximum absolute atomic E-state index is 11.6. The highest BCUT2D eigenvalue weighted by Crippen LogP contribution is 2.22. The van der Waals surface area contributed by atoms with E-state index in [1.165, 1.54) is 0 Å². The summed E-state index contributed by atoms with van der Waals surface area (Å²) < 4.78 is 21.3. The van der Waals surface area contributed by atoms with Gasteiger partial charge in [-0.25, -0.2) is 0 Å². The lowest BCUT2D eigenvalue weighted by molar-refractivity contribution is -0.143. The van der Waals surface area contributed by atoms with Crippen LogP contribution in [0.15, 0.2) is 0 Å². The smallest absolute Gasteiger partial charge is 0.306 e. The highest BCUT2D eigenvalue weighted by atomic mass is 31.1. The van der Waals surface area contributed by atoms with Gasteiger partial charge in [-0.2, -0.15) is 0 Å². The summed E-state index contributed by atoms with van der Waals surface area (Å²) in [5, 5.41) is 0. The fraction of sp³-hybridized carbons (Fsp3) is 0.833. The molecule has 0 unspecified atom stereocenters. The van der Waals surface area contributed by atoms with E-state index in [9.17, 15) is 14.2 Å². The molecule has 0 aliphatic rings. The molecule has 106 valence electrons. The third kappa shape index (κ3) is 10.3. The minimum absolute atomic E-state index is 0.168. The van der Waals surface area contributed by atoms with Crippen molar-refractivity contribution in [1.82, 2.24) is 0 Å². The second kappa shape index (κ2) is 11.3. The molecule has 0 aliphatic carbocycles. The number of rotatable bonds is 10. The molecule has 0 saturated carbocycles. The van der Waals surface area contributed by atoms with E-state index in [1.54, 1.807) is 0 Å². The molecule has 0 aromatic heterocycles. The second-order valence-corrected chi connectivity index (χ2v) is 6.06. The summed E-state index contributed by atoms with van der Waals surface area (Å²) in [6.07, 6.45) is 2.53. The van der Waals surface area contributed by atoms with Gasteiger partial charge in [0.15, 0.2) is 0 Å². The van der Waals surface area contributed by atoms with Gasteiger partial charge in [0.2, 0.25) is 0 Å². The van der Waals surface area contributed by atoms with Crippen LogP contribution in [0.2, 0.25) is 0 Å². The first-order valence-corrected chi connectivity index (χ1v) is 8.25. The van der Waals surface area contributed by atoms with Crippen LogP contribution in [0.4, 0.5) is 0 Å². The van der Waals surface area contributed by atoms with Gasteiger partial charge in [-0.1, -0.05) is 13.8 Å². The zero-order valence-electron chi connectivity index (χ0n) is 11.2. The monoisotopic (exact) mass is 278 g/mol. The number of ether oxygens (including phenoxy) is 2. The molecule has 0 bridgehead atoms. The molecule has 0 amide bonds. The number of esters is 2. The third-order valence-corrected chi connectivity index (χ3v) is 3.77. The SMILES string of the molecule is CCCOC(=O)CC[PH](=O)CCC(=O)OCCC. The highest BCUT2D eigenvalue weighted by molar-refractivity contribution is 7.44. The molecule has 0 N–H and O–H groups in total. The van der Waals surface area contributed by atoms with Gasteiger partial charge in [-0.15, -0.1) is 0 Å². The van der Waals surface area contributed by atoms with E-state index in [0.717, 1.165) is 12.8 Å². The van der Waals surface area contributed by atoms with Crippen molar-refractivity contribution in [2.75, 3.05) is 25.5 Å². The Morgan fingerprint density at radius 2 is 1.28 bits per heavy atom. The molecule has 0 saturated heterocycles. The van der Waals surface area contributed by atoms with Crippen molar-refractivity contribution in [2.24, 2.45) is 0 Å². The number of hydrogen-bond donors (Lipinski definition) is 0. The van der Waals surface area contributed by atoms with Gasteiger partial charge >= 0.3 is 11.9 Å². The number of carbonyl (C=O) groups excluding carboxylic acids is 2. The summed E-state index contributed by atoms with van der Waals surface area (Å²) in [4.78, 5) is 22.3. The Hall–Kier alpha value is -0.830. The molecular weight excluding hydrogens is 255 g/mol. The van der Waals surface area contributed by atoms with E-state index in [-0.39, 0.29) is 24.8 Å². The van der Waals surface area contributed by atoms with Crippen molar-refractivity contribution in [3.05, 3.63) is 0 Å². The Morgan fingerprint density at radius 1 is 0.889 bits per heavy atom. The molecular formula is C12H23O5P. The summed E-state index contributed by atoms with van der Waals surface area (Å²) in [6, 6.07) is 0. The minimum atomic E-state index is -1.88. The normalized spacial score (nSPS) is 10.4. The van der Waals surface area contributed by atoms with Crippen molar-refractivity contribution in [2.45, 2.75) is 39.5 Å². The van der Waals surface area contributed by atoms with Crippen LogP contribution in [0, 0.1) is 0 Å². The summed E-state index contributed by atoms with van der Waals surface area (Å²) in [5.74, 6) is -0.632. The Balaban J connectivity index is 3.59. The Labute approximate surface area is 109 Å². The average Bonchev–Trinajstić information content (AvgIpc) is 2.37. The van der Waals surface area contributed by atoms with Crippen LogP contribution in [0.3, 0.4) is 0 Å². The van der Waals surface area contributed by atoms with Crippen LogP contribution in [0.5, 0.6) is 0 Å². The predicted octanol–water partition coefficient (Wildman–Crippen LogP) is 2.23. The number of hydrogen-bond acceptors (Lipinski definition) is 5. The van der Waals surface area contributed by atoms with Crippen LogP contribution < -0.4 is 0 Å². The lowest BCUT2D eigenvalue weighted by Crippen LogP contribution is -2.08. The van der Waals surface area contributed by atoms with E-state index in [1.807, 2.05) is 13.8 Å². The van der Waals surface area contributed by atoms with Gasteiger partial charge in [0.1, 0.15) is 0 Å². The van der Waals surface area contributed by atoms with E-state index >= 15 is 0 Å². The van der Waals surface area contributed by atoms with Crippen molar-refractivity contribution in [3.63, 3.8) is 0 Å². The molecule has 5 nitrogen and oxygen atoms in total. The van der Waals surface area contributed by atoms with E-state index < -0.39 is 7.80 Å². The van der Waals surface area contributed by atoms with Crippen molar-refractivity contribution in [3.8, 4) is 0 Å². The average molecular weight is 278 g/mol. The molecule has 0 aliphatic heterocycles. The lowest BCUT2D eigenvalue weighted by atomic mass is 10.5. The van der Waals surface area contributed by atoms with Crippen molar-refractivity contribution in [1.29, 1.82) is 0 Å². The second-order valence-electron chi connectivity index (χ2n) is 3.98. The minimum Gasteiger partial charge on any atom is -0.466 e. The van der Waals surface area contributed by atoms with Gasteiger partial charge < -0.3 is 14.0 Å². The zero-order valence-corrected chi connectivity index (χ0v) is 12.2. The van der Waals surface area contributed by atoms with Gasteiger partial charge in [-0.3, -0.25) is 9.59 Å². The third-order valence-electron chi connectivity index (χ3n) is 2.15. The fourth-order valence-electron chi connectivity index (χ4n) is 1.18. The van der Waals surface area contributed by atoms with Gasteiger partial charge in [0.05, 0.1) is 33.9 Å². The van der Waals surface area contributed by atoms with Crippen LogP contribution in [-0.4, -0.2) is 37.5 Å². The van der Waals surface area contributed by atoms with Crippen LogP contribution in [0.1, 0.15) is 39.5 Å². The first-order chi connectivity index (χ1) is 8.60. The molecule has 0 heterocycles. The van der Waals surface area contributed by atoms with E-state index in [0.29, 0.717) is 25.5 Å². The first kappa shape index (κ1) is 17.2. The van der Waals surface area contributed by atoms with E-state index in [4.69, 9.17) is 9.47 Å². The lowest BCUT2D eigenvalue weighted by Gasteiger charge is -2.04. The highest BCUT2D eigenvalue weighted by Gasteiger charge is 2.09. The molecule has 0 aromatic carbocycles. The fourth-order valence-corrected chi connectivity index (χ4v) is 2.40. The van der Waals surface area contributed by atoms with Crippen LogP contribution >= 0.6 is 7.80 Å². The standard InChI is InChI=1S/C12H23O5P/c1-3-7-16-11(13)5-9-18(15)10-6-12(14)17-8-4-2/h18H,3-10H2,1-2H3. The molecule has 18 heavy (non-hydrogen) atoms. The Bertz CT molecular complexity index is 252. The Kier molecular flexibility index (Phi) is 10.8. The molecule has 6 heteroatoms. The molecule has 0 rings (SSSR count). The first-order valence-electron chi connectivity index (χ1n) is 6.43.